The molecule has 3 nitrogen and oxygen atoms in total. The van der Waals surface area contributed by atoms with Crippen molar-refractivity contribution in [3.8, 4) is 0 Å². The average molecular weight is 243 g/mol. The number of rotatable bonds is 1. The Kier molecular flexibility index (Phi) is 2.12. The molecule has 0 saturated heterocycles. The lowest BCUT2D eigenvalue weighted by Crippen LogP contribution is -2.22. The molecule has 1 N–H and O–H groups in total. The van der Waals surface area contributed by atoms with Crippen LogP contribution in [0, 0.1) is 0 Å². The van der Waals surface area contributed by atoms with Gasteiger partial charge in [0.15, 0.2) is 0 Å². The van der Waals surface area contributed by atoms with Crippen LogP contribution in [0.3, 0.4) is 0 Å². The van der Waals surface area contributed by atoms with Crippen LogP contribution < -0.4 is 0 Å². The molecule has 0 radical (unpaired) electrons. The third-order valence-electron chi connectivity index (χ3n) is 2.62. The summed E-state index contributed by atoms with van der Waals surface area (Å²) in [5.41, 5.74) is 0.948. The van der Waals surface area contributed by atoms with Gasteiger partial charge in [-0.05, 0) is 35.2 Å². The van der Waals surface area contributed by atoms with Gasteiger partial charge in [0.2, 0.25) is 0 Å². The van der Waals surface area contributed by atoms with Crippen LogP contribution in [0.15, 0.2) is 10.8 Å². The first kappa shape index (κ1) is 9.09. The highest BCUT2D eigenvalue weighted by Crippen LogP contribution is 2.37. The maximum absolute atomic E-state index is 10.2. The van der Waals surface area contributed by atoms with Gasteiger partial charge in [0.1, 0.15) is 10.2 Å². The first-order valence-corrected chi connectivity index (χ1v) is 5.19. The number of nitrogens with zero attached hydrogens (tertiary/aromatic N) is 2. The highest BCUT2D eigenvalue weighted by Gasteiger charge is 2.37. The smallest absolute Gasteiger partial charge is 0.124 e. The van der Waals surface area contributed by atoms with Crippen LogP contribution in [0.25, 0.3) is 0 Å². The van der Waals surface area contributed by atoms with E-state index >= 15 is 0 Å². The van der Waals surface area contributed by atoms with E-state index in [4.69, 9.17) is 0 Å². The molecule has 0 amide bonds. The van der Waals surface area contributed by atoms with Crippen LogP contribution in [-0.4, -0.2) is 15.1 Å². The van der Waals surface area contributed by atoms with Gasteiger partial charge in [-0.3, -0.25) is 4.98 Å². The van der Waals surface area contributed by atoms with E-state index in [1.165, 1.54) is 0 Å². The summed E-state index contributed by atoms with van der Waals surface area (Å²) in [7, 11) is 0. The first-order chi connectivity index (χ1) is 6.15. The van der Waals surface area contributed by atoms with Crippen molar-refractivity contribution in [2.24, 2.45) is 0 Å². The fourth-order valence-electron chi connectivity index (χ4n) is 1.74. The van der Waals surface area contributed by atoms with Gasteiger partial charge in [0.05, 0.1) is 17.6 Å². The summed E-state index contributed by atoms with van der Waals surface area (Å²) in [5, 5.41) is 10.2. The third kappa shape index (κ3) is 1.38. The van der Waals surface area contributed by atoms with Crippen molar-refractivity contribution in [1.82, 2.24) is 9.97 Å². The molecule has 1 aromatic heterocycles. The fraction of sp³-hybridized carbons (Fsp3) is 0.556. The van der Waals surface area contributed by atoms with Crippen molar-refractivity contribution in [2.75, 3.05) is 0 Å². The van der Waals surface area contributed by atoms with Crippen LogP contribution >= 0.6 is 15.9 Å². The first-order valence-electron chi connectivity index (χ1n) is 4.40. The van der Waals surface area contributed by atoms with Gasteiger partial charge in [-0.1, -0.05) is 6.92 Å². The molecule has 13 heavy (non-hydrogen) atoms. The summed E-state index contributed by atoms with van der Waals surface area (Å²) in [6.45, 7) is 1.97. The lowest BCUT2D eigenvalue weighted by atomic mass is 9.98. The summed E-state index contributed by atoms with van der Waals surface area (Å²) < 4.78 is 0.694. The zero-order valence-electron chi connectivity index (χ0n) is 7.42. The molecule has 0 fully saturated rings. The molecule has 0 aliphatic heterocycles. The van der Waals surface area contributed by atoms with E-state index < -0.39 is 5.60 Å². The topological polar surface area (TPSA) is 46.0 Å². The summed E-state index contributed by atoms with van der Waals surface area (Å²) in [5.74, 6) is 0. The van der Waals surface area contributed by atoms with Crippen molar-refractivity contribution in [3.63, 3.8) is 0 Å². The Morgan fingerprint density at radius 1 is 1.69 bits per heavy atom. The molecule has 1 heterocycles. The Morgan fingerprint density at radius 2 is 2.46 bits per heavy atom. The number of fused-ring (bicyclic) bond motifs is 1. The predicted octanol–water partition coefficient (Wildman–Crippen LogP) is 1.78. The van der Waals surface area contributed by atoms with Gasteiger partial charge in [-0.25, -0.2) is 4.98 Å². The molecule has 1 atom stereocenters. The molecule has 1 aliphatic rings. The van der Waals surface area contributed by atoms with Crippen molar-refractivity contribution in [1.29, 1.82) is 0 Å². The number of halogens is 1. The zero-order chi connectivity index (χ0) is 9.47. The van der Waals surface area contributed by atoms with Gasteiger partial charge < -0.3 is 5.11 Å². The minimum absolute atomic E-state index is 0.694. The lowest BCUT2D eigenvalue weighted by Gasteiger charge is -2.19. The van der Waals surface area contributed by atoms with E-state index in [0.717, 1.165) is 24.2 Å². The molecular weight excluding hydrogens is 232 g/mol. The average Bonchev–Trinajstić information content (AvgIpc) is 2.45. The molecule has 0 saturated carbocycles. The molecule has 2 rings (SSSR count). The van der Waals surface area contributed by atoms with Gasteiger partial charge in [0, 0.05) is 0 Å². The van der Waals surface area contributed by atoms with E-state index in [9.17, 15) is 5.11 Å². The number of hydrogen-bond donors (Lipinski definition) is 1. The van der Waals surface area contributed by atoms with E-state index in [0.29, 0.717) is 11.0 Å². The standard InChI is InChI=1S/C9H11BrN2O/c1-2-9(13)4-3-6-8(9)12-7(10)5-11-6/h5,13H,2-4H2,1H3. The molecule has 0 aromatic carbocycles. The van der Waals surface area contributed by atoms with Gasteiger partial charge in [-0.2, -0.15) is 0 Å². The van der Waals surface area contributed by atoms with E-state index in [1.807, 2.05) is 6.92 Å². The van der Waals surface area contributed by atoms with Crippen LogP contribution in [0.2, 0.25) is 0 Å². The maximum atomic E-state index is 10.2. The molecule has 1 aliphatic carbocycles. The van der Waals surface area contributed by atoms with Crippen molar-refractivity contribution >= 4 is 15.9 Å². The lowest BCUT2D eigenvalue weighted by molar-refractivity contribution is 0.0304. The van der Waals surface area contributed by atoms with Crippen molar-refractivity contribution < 1.29 is 5.11 Å². The Morgan fingerprint density at radius 3 is 3.15 bits per heavy atom. The second-order valence-corrected chi connectivity index (χ2v) is 4.19. The number of aromatic nitrogens is 2. The molecule has 1 unspecified atom stereocenters. The van der Waals surface area contributed by atoms with E-state index in [-0.39, 0.29) is 0 Å². The Bertz CT molecular complexity index is 342. The highest BCUT2D eigenvalue weighted by molar-refractivity contribution is 9.10. The second kappa shape index (κ2) is 3.03. The normalized spacial score (nSPS) is 26.1. The predicted molar refractivity (Wildman–Crippen MR) is 52.2 cm³/mol. The monoisotopic (exact) mass is 242 g/mol. The SMILES string of the molecule is CCC1(O)CCc2ncc(Br)nc21. The molecule has 70 valence electrons. The number of aryl methyl sites for hydroxylation is 1. The van der Waals surface area contributed by atoms with Crippen LogP contribution in [0.4, 0.5) is 0 Å². The van der Waals surface area contributed by atoms with E-state index in [2.05, 4.69) is 25.9 Å². The van der Waals surface area contributed by atoms with Crippen molar-refractivity contribution in [2.45, 2.75) is 31.8 Å². The molecular formula is C9H11BrN2O. The zero-order valence-corrected chi connectivity index (χ0v) is 9.00. The molecule has 4 heteroatoms. The summed E-state index contributed by atoms with van der Waals surface area (Å²) in [6.07, 6.45) is 3.96. The van der Waals surface area contributed by atoms with Gasteiger partial charge in [0.25, 0.3) is 0 Å². The van der Waals surface area contributed by atoms with Gasteiger partial charge >= 0.3 is 0 Å². The van der Waals surface area contributed by atoms with Crippen molar-refractivity contribution in [3.05, 3.63) is 22.2 Å². The Balaban J connectivity index is 2.52. The molecule has 0 bridgehead atoms. The number of aliphatic hydroxyl groups is 1. The summed E-state index contributed by atoms with van der Waals surface area (Å²) in [6, 6.07) is 0. The van der Waals surface area contributed by atoms with Crippen LogP contribution in [-0.2, 0) is 12.0 Å². The largest absolute Gasteiger partial charge is 0.383 e. The molecule has 0 spiro atoms. The molecule has 1 aromatic rings. The Hall–Kier alpha value is -0.480. The Labute approximate surface area is 85.4 Å². The number of hydrogen-bond acceptors (Lipinski definition) is 3. The van der Waals surface area contributed by atoms with Crippen LogP contribution in [0.5, 0.6) is 0 Å². The van der Waals surface area contributed by atoms with Gasteiger partial charge in [-0.15, -0.1) is 0 Å². The summed E-state index contributed by atoms with van der Waals surface area (Å²) in [4.78, 5) is 8.51. The summed E-state index contributed by atoms with van der Waals surface area (Å²) >= 11 is 3.26. The van der Waals surface area contributed by atoms with Crippen LogP contribution in [0.1, 0.15) is 31.2 Å². The highest BCUT2D eigenvalue weighted by atomic mass is 79.9. The fourth-order valence-corrected chi connectivity index (χ4v) is 2.02. The maximum Gasteiger partial charge on any atom is 0.124 e. The quantitative estimate of drug-likeness (QED) is 0.817. The minimum Gasteiger partial charge on any atom is -0.383 e. The minimum atomic E-state index is -0.744. The second-order valence-electron chi connectivity index (χ2n) is 3.37. The third-order valence-corrected chi connectivity index (χ3v) is 3.00. The van der Waals surface area contributed by atoms with E-state index in [1.54, 1.807) is 6.20 Å².